The van der Waals surface area contributed by atoms with Crippen LogP contribution in [-0.2, 0) is 20.1 Å². The second-order valence-electron chi connectivity index (χ2n) is 4.73. The molecule has 0 bridgehead atoms. The molecule has 1 aromatic heterocycles. The molecule has 0 aliphatic heterocycles. The number of thiophene rings is 1. The third kappa shape index (κ3) is 7.16. The first-order valence-electron chi connectivity index (χ1n) is 7.16. The molecule has 0 aliphatic rings. The molecule has 0 radical (unpaired) electrons. The summed E-state index contributed by atoms with van der Waals surface area (Å²) in [6, 6.07) is 12.1. The predicted molar refractivity (Wildman–Crippen MR) is 98.5 cm³/mol. The fourth-order valence-electron chi connectivity index (χ4n) is 1.68. The molecule has 1 heterocycles. The molecule has 9 heteroatoms. The molecule has 0 atom stereocenters. The van der Waals surface area contributed by atoms with E-state index >= 15 is 0 Å². The van der Waals surface area contributed by atoms with Gasteiger partial charge in [-0.25, -0.2) is 0 Å². The third-order valence-electron chi connectivity index (χ3n) is 2.81. The largest absolute Gasteiger partial charge is 0.455 e. The molecule has 0 saturated carbocycles. The highest BCUT2D eigenvalue weighted by Crippen LogP contribution is 2.25. The summed E-state index contributed by atoms with van der Waals surface area (Å²) in [5.74, 6) is -0.805. The van der Waals surface area contributed by atoms with Crippen LogP contribution >= 0.6 is 34.7 Å². The molecular formula is C16H15ClN2O4S2. The summed E-state index contributed by atoms with van der Waals surface area (Å²) in [6.07, 6.45) is 0. The quantitative estimate of drug-likeness (QED) is 0.553. The van der Waals surface area contributed by atoms with Crippen molar-refractivity contribution in [2.75, 3.05) is 12.4 Å². The Balaban J connectivity index is 1.59. The monoisotopic (exact) mass is 398 g/mol. The number of hydrazine groups is 1. The average Bonchev–Trinajstić information content (AvgIpc) is 3.03. The summed E-state index contributed by atoms with van der Waals surface area (Å²) in [7, 11) is 0. The van der Waals surface area contributed by atoms with E-state index in [0.717, 1.165) is 4.88 Å². The molecule has 0 unspecified atom stereocenters. The molecule has 2 N–H and O–H groups in total. The highest BCUT2D eigenvalue weighted by molar-refractivity contribution is 7.99. The van der Waals surface area contributed by atoms with E-state index in [1.54, 1.807) is 36.4 Å². The van der Waals surface area contributed by atoms with Gasteiger partial charge in [-0.2, -0.15) is 0 Å². The summed E-state index contributed by atoms with van der Waals surface area (Å²) < 4.78 is 5.54. The number of hydrogen-bond donors (Lipinski definition) is 2. The summed E-state index contributed by atoms with van der Waals surface area (Å²) in [5.41, 5.74) is 4.84. The van der Waals surface area contributed by atoms with Crippen molar-refractivity contribution in [2.24, 2.45) is 0 Å². The fraction of sp³-hybridized carbons (Fsp3) is 0.188. The van der Waals surface area contributed by atoms with Crippen molar-refractivity contribution >= 4 is 52.5 Å². The number of carbonyl (C=O) groups excluding carboxylic acids is 3. The molecule has 0 saturated heterocycles. The van der Waals surface area contributed by atoms with E-state index in [9.17, 15) is 14.4 Å². The molecule has 132 valence electrons. The number of hydrogen-bond acceptors (Lipinski definition) is 6. The standard InChI is InChI=1S/C16H15ClN2O4S2/c17-13-7-6-12(25-13)9-24-10-15(21)23-8-14(20)18-19-16(22)11-4-2-1-3-5-11/h1-7H,8-10H2,(H,18,20)(H,19,22). The van der Waals surface area contributed by atoms with E-state index in [1.165, 1.54) is 23.1 Å². The van der Waals surface area contributed by atoms with E-state index in [-0.39, 0.29) is 5.75 Å². The van der Waals surface area contributed by atoms with Crippen molar-refractivity contribution in [2.45, 2.75) is 5.75 Å². The van der Waals surface area contributed by atoms with Crippen molar-refractivity contribution in [1.82, 2.24) is 10.9 Å². The Kier molecular flexibility index (Phi) is 7.77. The van der Waals surface area contributed by atoms with Gasteiger partial charge in [0.1, 0.15) is 0 Å². The molecule has 6 nitrogen and oxygen atoms in total. The lowest BCUT2D eigenvalue weighted by Crippen LogP contribution is -2.43. The molecule has 25 heavy (non-hydrogen) atoms. The lowest BCUT2D eigenvalue weighted by atomic mass is 10.2. The first kappa shape index (κ1) is 19.3. The molecule has 2 rings (SSSR count). The van der Waals surface area contributed by atoms with Gasteiger partial charge >= 0.3 is 5.97 Å². The molecule has 2 aromatic rings. The van der Waals surface area contributed by atoms with Gasteiger partial charge in [-0.05, 0) is 24.3 Å². The van der Waals surface area contributed by atoms with Crippen molar-refractivity contribution in [1.29, 1.82) is 0 Å². The highest BCUT2D eigenvalue weighted by Gasteiger charge is 2.10. The normalized spacial score (nSPS) is 10.1. The average molecular weight is 399 g/mol. The maximum atomic E-state index is 11.7. The van der Waals surface area contributed by atoms with E-state index in [1.807, 2.05) is 6.07 Å². The van der Waals surface area contributed by atoms with Crippen LogP contribution in [0.25, 0.3) is 0 Å². The number of carbonyl (C=O) groups is 3. The Morgan fingerprint density at radius 2 is 1.84 bits per heavy atom. The minimum atomic E-state index is -0.618. The summed E-state index contributed by atoms with van der Waals surface area (Å²) in [4.78, 5) is 35.9. The van der Waals surface area contributed by atoms with Crippen LogP contribution < -0.4 is 10.9 Å². The first-order chi connectivity index (χ1) is 12.0. The molecular weight excluding hydrogens is 384 g/mol. The summed E-state index contributed by atoms with van der Waals surface area (Å²) >= 11 is 8.64. The van der Waals surface area contributed by atoms with Gasteiger partial charge in [-0.3, -0.25) is 25.2 Å². The van der Waals surface area contributed by atoms with Crippen LogP contribution in [-0.4, -0.2) is 30.1 Å². The Hall–Kier alpha value is -2.03. The molecule has 0 aliphatic carbocycles. The van der Waals surface area contributed by atoms with E-state index in [0.29, 0.717) is 15.7 Å². The summed E-state index contributed by atoms with van der Waals surface area (Å²) in [6.45, 7) is -0.459. The molecule has 0 spiro atoms. The SMILES string of the molecule is O=C(COC(=O)CSCc1ccc(Cl)s1)NNC(=O)c1ccccc1. The zero-order chi connectivity index (χ0) is 18.1. The van der Waals surface area contributed by atoms with Gasteiger partial charge in [-0.1, -0.05) is 29.8 Å². The Morgan fingerprint density at radius 3 is 2.52 bits per heavy atom. The maximum Gasteiger partial charge on any atom is 0.316 e. The number of halogens is 1. The van der Waals surface area contributed by atoms with Crippen LogP contribution in [0.3, 0.4) is 0 Å². The van der Waals surface area contributed by atoms with Crippen molar-refractivity contribution in [3.05, 3.63) is 57.2 Å². The number of esters is 1. The maximum absolute atomic E-state index is 11.7. The van der Waals surface area contributed by atoms with Gasteiger partial charge < -0.3 is 4.74 Å². The number of benzene rings is 1. The Morgan fingerprint density at radius 1 is 1.08 bits per heavy atom. The second kappa shape index (κ2) is 10.1. The minimum absolute atomic E-state index is 0.124. The van der Waals surface area contributed by atoms with Gasteiger partial charge in [-0.15, -0.1) is 23.1 Å². The molecule has 0 fully saturated rings. The van der Waals surface area contributed by atoms with Crippen molar-refractivity contribution in [3.8, 4) is 0 Å². The highest BCUT2D eigenvalue weighted by atomic mass is 35.5. The predicted octanol–water partition coefficient (Wildman–Crippen LogP) is 2.64. The Bertz CT molecular complexity index is 737. The first-order valence-corrected chi connectivity index (χ1v) is 9.51. The van der Waals surface area contributed by atoms with Crippen LogP contribution in [0.2, 0.25) is 4.34 Å². The van der Waals surface area contributed by atoms with Gasteiger partial charge in [0.05, 0.1) is 10.1 Å². The topological polar surface area (TPSA) is 84.5 Å². The Labute approximate surface area is 157 Å². The van der Waals surface area contributed by atoms with Crippen molar-refractivity contribution in [3.63, 3.8) is 0 Å². The zero-order valence-corrected chi connectivity index (χ0v) is 15.4. The number of rotatable bonds is 7. The zero-order valence-electron chi connectivity index (χ0n) is 13.0. The van der Waals surface area contributed by atoms with Gasteiger partial charge in [0.25, 0.3) is 11.8 Å². The number of thioether (sulfide) groups is 1. The van der Waals surface area contributed by atoms with E-state index in [4.69, 9.17) is 16.3 Å². The number of amides is 2. The molecule has 1 aromatic carbocycles. The number of ether oxygens (including phenoxy) is 1. The van der Waals surface area contributed by atoms with Crippen molar-refractivity contribution < 1.29 is 19.1 Å². The second-order valence-corrected chi connectivity index (χ2v) is 7.51. The lowest BCUT2D eigenvalue weighted by molar-refractivity contribution is -0.146. The minimum Gasteiger partial charge on any atom is -0.455 e. The fourth-order valence-corrected chi connectivity index (χ4v) is 3.69. The van der Waals surface area contributed by atoms with Crippen LogP contribution in [0, 0.1) is 0 Å². The van der Waals surface area contributed by atoms with Gasteiger partial charge in [0, 0.05) is 16.2 Å². The van der Waals surface area contributed by atoms with Crippen LogP contribution in [0.4, 0.5) is 0 Å². The lowest BCUT2D eigenvalue weighted by Gasteiger charge is -2.08. The van der Waals surface area contributed by atoms with Gasteiger partial charge in [0.15, 0.2) is 6.61 Å². The van der Waals surface area contributed by atoms with E-state index in [2.05, 4.69) is 10.9 Å². The van der Waals surface area contributed by atoms with Crippen LogP contribution in [0.15, 0.2) is 42.5 Å². The smallest absolute Gasteiger partial charge is 0.316 e. The van der Waals surface area contributed by atoms with Crippen LogP contribution in [0.5, 0.6) is 0 Å². The summed E-state index contributed by atoms with van der Waals surface area (Å²) in [5, 5.41) is 0. The van der Waals surface area contributed by atoms with Gasteiger partial charge in [0.2, 0.25) is 0 Å². The molecule has 2 amide bonds. The van der Waals surface area contributed by atoms with Crippen LogP contribution in [0.1, 0.15) is 15.2 Å². The van der Waals surface area contributed by atoms with E-state index < -0.39 is 24.4 Å². The number of nitrogens with one attached hydrogen (secondary N) is 2. The third-order valence-corrected chi connectivity index (χ3v) is 5.18.